The van der Waals surface area contributed by atoms with Crippen LogP contribution in [0.1, 0.15) is 35.8 Å². The van der Waals surface area contributed by atoms with Crippen LogP contribution in [0.3, 0.4) is 0 Å². The summed E-state index contributed by atoms with van der Waals surface area (Å²) in [5, 5.41) is 9.64. The third-order valence-corrected chi connectivity index (χ3v) is 4.36. The lowest BCUT2D eigenvalue weighted by molar-refractivity contribution is 0.0691. The Kier molecular flexibility index (Phi) is 6.82. The zero-order valence-corrected chi connectivity index (χ0v) is 15.2. The van der Waals surface area contributed by atoms with Crippen LogP contribution in [0.5, 0.6) is 11.9 Å². The van der Waals surface area contributed by atoms with Crippen molar-refractivity contribution in [2.75, 3.05) is 14.2 Å². The minimum Gasteiger partial charge on any atom is -0.480 e. The first-order valence-electron chi connectivity index (χ1n) is 7.77. The zero-order chi connectivity index (χ0) is 18.2. The summed E-state index contributed by atoms with van der Waals surface area (Å²) < 4.78 is 10.3. The molecule has 1 N–H and O–H groups in total. The molecule has 1 heterocycles. The van der Waals surface area contributed by atoms with E-state index >= 15 is 0 Å². The van der Waals surface area contributed by atoms with Crippen molar-refractivity contribution in [1.82, 2.24) is 9.97 Å². The fourth-order valence-corrected chi connectivity index (χ4v) is 3.10. The summed E-state index contributed by atoms with van der Waals surface area (Å²) in [5.41, 5.74) is 0.215. The Morgan fingerprint density at radius 1 is 1.20 bits per heavy atom. The molecular weight excluding hydrogens is 340 g/mol. The van der Waals surface area contributed by atoms with E-state index in [2.05, 4.69) is 16.9 Å². The maximum absolute atomic E-state index is 11.8. The van der Waals surface area contributed by atoms with Crippen LogP contribution in [0.15, 0.2) is 41.3 Å². The van der Waals surface area contributed by atoms with Gasteiger partial charge in [-0.1, -0.05) is 49.4 Å². The van der Waals surface area contributed by atoms with Crippen molar-refractivity contribution in [1.29, 1.82) is 0 Å². The molecule has 0 radical (unpaired) electrons. The zero-order valence-electron chi connectivity index (χ0n) is 14.4. The van der Waals surface area contributed by atoms with Gasteiger partial charge < -0.3 is 14.6 Å². The highest BCUT2D eigenvalue weighted by Crippen LogP contribution is 2.38. The van der Waals surface area contributed by atoms with Crippen LogP contribution in [0.2, 0.25) is 0 Å². The van der Waals surface area contributed by atoms with Crippen molar-refractivity contribution in [3.8, 4) is 11.9 Å². The molecule has 2 rings (SSSR count). The molecule has 0 atom stereocenters. The average molecular weight is 360 g/mol. The van der Waals surface area contributed by atoms with E-state index in [-0.39, 0.29) is 17.5 Å². The number of thioether (sulfide) groups is 1. The quantitative estimate of drug-likeness (QED) is 0.709. The lowest BCUT2D eigenvalue weighted by Crippen LogP contribution is -2.10. The molecule has 2 aromatic rings. The fourth-order valence-electron chi connectivity index (χ4n) is 2.11. The van der Waals surface area contributed by atoms with Gasteiger partial charge in [0.2, 0.25) is 5.88 Å². The largest absolute Gasteiger partial charge is 0.480 e. The Hall–Kier alpha value is -2.54. The van der Waals surface area contributed by atoms with E-state index in [1.54, 1.807) is 0 Å². The van der Waals surface area contributed by atoms with E-state index in [4.69, 9.17) is 9.47 Å². The van der Waals surface area contributed by atoms with Gasteiger partial charge in [-0.3, -0.25) is 0 Å². The number of carboxylic acids is 1. The topological polar surface area (TPSA) is 81.5 Å². The number of hydrogen-bond acceptors (Lipinski definition) is 6. The highest BCUT2D eigenvalue weighted by molar-refractivity contribution is 8.08. The molecule has 25 heavy (non-hydrogen) atoms. The number of rotatable bonds is 8. The maximum Gasteiger partial charge on any atom is 0.343 e. The van der Waals surface area contributed by atoms with Gasteiger partial charge in [0.05, 0.1) is 14.2 Å². The SMILES string of the molecule is CCC/C=C(\Sc1ccccc1)c1nc(OC)nc(OC)c1C(=O)O. The smallest absolute Gasteiger partial charge is 0.343 e. The van der Waals surface area contributed by atoms with E-state index in [9.17, 15) is 9.90 Å². The van der Waals surface area contributed by atoms with Crippen LogP contribution in [0, 0.1) is 0 Å². The molecule has 0 fully saturated rings. The third kappa shape index (κ3) is 4.73. The van der Waals surface area contributed by atoms with Gasteiger partial charge in [-0.25, -0.2) is 4.79 Å². The molecular formula is C18H20N2O4S. The van der Waals surface area contributed by atoms with Gasteiger partial charge in [-0.05, 0) is 18.6 Å². The number of unbranched alkanes of at least 4 members (excludes halogenated alkanes) is 1. The predicted molar refractivity (Wildman–Crippen MR) is 97.3 cm³/mol. The maximum atomic E-state index is 11.8. The molecule has 1 aromatic carbocycles. The summed E-state index contributed by atoms with van der Waals surface area (Å²) >= 11 is 1.45. The van der Waals surface area contributed by atoms with Crippen LogP contribution in [0.25, 0.3) is 4.91 Å². The van der Waals surface area contributed by atoms with Crippen LogP contribution >= 0.6 is 11.8 Å². The average Bonchev–Trinajstić information content (AvgIpc) is 2.64. The van der Waals surface area contributed by atoms with E-state index in [0.717, 1.165) is 22.6 Å². The first-order chi connectivity index (χ1) is 12.1. The Bertz CT molecular complexity index is 763. The number of allylic oxidation sites excluding steroid dienone is 1. The normalized spacial score (nSPS) is 11.2. The monoisotopic (exact) mass is 360 g/mol. The number of benzene rings is 1. The fraction of sp³-hybridized carbons (Fsp3) is 0.278. The first kappa shape index (κ1) is 18.8. The molecule has 0 aliphatic carbocycles. The summed E-state index contributed by atoms with van der Waals surface area (Å²) in [7, 11) is 2.80. The van der Waals surface area contributed by atoms with Gasteiger partial charge in [0, 0.05) is 9.80 Å². The van der Waals surface area contributed by atoms with Crippen molar-refractivity contribution in [3.63, 3.8) is 0 Å². The van der Waals surface area contributed by atoms with Crippen molar-refractivity contribution < 1.29 is 19.4 Å². The molecule has 1 aromatic heterocycles. The number of carbonyl (C=O) groups is 1. The second-order valence-electron chi connectivity index (χ2n) is 5.02. The molecule has 7 heteroatoms. The predicted octanol–water partition coefficient (Wildman–Crippen LogP) is 4.13. The van der Waals surface area contributed by atoms with Crippen LogP contribution in [0.4, 0.5) is 0 Å². The van der Waals surface area contributed by atoms with Gasteiger partial charge >= 0.3 is 12.0 Å². The summed E-state index contributed by atoms with van der Waals surface area (Å²) in [6, 6.07) is 9.77. The Labute approximate surface area is 150 Å². The number of nitrogens with zero attached hydrogens (tertiary/aromatic N) is 2. The highest BCUT2D eigenvalue weighted by atomic mass is 32.2. The number of aromatic nitrogens is 2. The van der Waals surface area contributed by atoms with Crippen molar-refractivity contribution in [3.05, 3.63) is 47.7 Å². The molecule has 0 bridgehead atoms. The molecule has 132 valence electrons. The Balaban J connectivity index is 2.60. The summed E-state index contributed by atoms with van der Waals surface area (Å²) in [6.45, 7) is 2.06. The molecule has 0 spiro atoms. The summed E-state index contributed by atoms with van der Waals surface area (Å²) in [6.07, 6.45) is 3.70. The number of methoxy groups -OCH3 is 2. The van der Waals surface area contributed by atoms with Gasteiger partial charge in [0.25, 0.3) is 0 Å². The number of ether oxygens (including phenoxy) is 2. The van der Waals surface area contributed by atoms with E-state index in [0.29, 0.717) is 5.69 Å². The van der Waals surface area contributed by atoms with Crippen LogP contribution in [-0.4, -0.2) is 35.3 Å². The van der Waals surface area contributed by atoms with E-state index < -0.39 is 5.97 Å². The van der Waals surface area contributed by atoms with Crippen LogP contribution in [-0.2, 0) is 0 Å². The second kappa shape index (κ2) is 9.08. The minimum absolute atomic E-state index is 0.0228. The molecule has 0 aliphatic rings. The van der Waals surface area contributed by atoms with E-state index in [1.807, 2.05) is 36.4 Å². The Morgan fingerprint density at radius 2 is 1.92 bits per heavy atom. The van der Waals surface area contributed by atoms with Crippen LogP contribution < -0.4 is 9.47 Å². The molecule has 0 saturated heterocycles. The summed E-state index contributed by atoms with van der Waals surface area (Å²) in [4.78, 5) is 21.8. The first-order valence-corrected chi connectivity index (χ1v) is 8.59. The van der Waals surface area contributed by atoms with Crippen molar-refractivity contribution in [2.45, 2.75) is 24.7 Å². The van der Waals surface area contributed by atoms with E-state index in [1.165, 1.54) is 26.0 Å². The standard InChI is InChI=1S/C18H20N2O4S/c1-4-5-11-13(25-12-9-7-6-8-10-12)15-14(17(21)22)16(23-2)20-18(19-15)24-3/h6-11H,4-5H2,1-3H3,(H,21,22)/b13-11-. The van der Waals surface area contributed by atoms with Gasteiger partial charge in [-0.2, -0.15) is 9.97 Å². The van der Waals surface area contributed by atoms with Crippen molar-refractivity contribution >= 4 is 22.6 Å². The minimum atomic E-state index is -1.15. The van der Waals surface area contributed by atoms with Gasteiger partial charge in [0.15, 0.2) is 0 Å². The molecule has 0 amide bonds. The second-order valence-corrected chi connectivity index (χ2v) is 6.14. The van der Waals surface area contributed by atoms with Gasteiger partial charge in [0.1, 0.15) is 11.3 Å². The summed E-state index contributed by atoms with van der Waals surface area (Å²) in [5.74, 6) is -1.17. The van der Waals surface area contributed by atoms with Gasteiger partial charge in [-0.15, -0.1) is 0 Å². The lowest BCUT2D eigenvalue weighted by atomic mass is 10.2. The third-order valence-electron chi connectivity index (χ3n) is 3.27. The molecule has 0 saturated carbocycles. The Morgan fingerprint density at radius 3 is 2.48 bits per heavy atom. The number of aromatic carboxylic acids is 1. The number of hydrogen-bond donors (Lipinski definition) is 1. The molecule has 0 aliphatic heterocycles. The lowest BCUT2D eigenvalue weighted by Gasteiger charge is -2.13. The van der Waals surface area contributed by atoms with Crippen molar-refractivity contribution in [2.24, 2.45) is 0 Å². The highest BCUT2D eigenvalue weighted by Gasteiger charge is 2.24. The molecule has 0 unspecified atom stereocenters. The molecule has 6 nitrogen and oxygen atoms in total. The number of carboxylic acid groups (broad SMARTS) is 1.